The van der Waals surface area contributed by atoms with Crippen LogP contribution in [0, 0.1) is 5.41 Å². The van der Waals surface area contributed by atoms with Crippen LogP contribution in [0.15, 0.2) is 0 Å². The SMILES string of the molecule is N=CCCCCCCCCCC[C]=O. The van der Waals surface area contributed by atoms with Crippen molar-refractivity contribution in [1.29, 1.82) is 5.41 Å². The van der Waals surface area contributed by atoms with Gasteiger partial charge in [0.2, 0.25) is 0 Å². The number of carbonyl (C=O) groups excluding carboxylic acids is 1. The van der Waals surface area contributed by atoms with Crippen molar-refractivity contribution in [2.75, 3.05) is 0 Å². The molecule has 0 rings (SSSR count). The Morgan fingerprint density at radius 2 is 1.36 bits per heavy atom. The molecule has 0 aromatic rings. The zero-order chi connectivity index (χ0) is 10.5. The van der Waals surface area contributed by atoms with Crippen LogP contribution in [0.5, 0.6) is 0 Å². The minimum atomic E-state index is 0.610. The number of hydrogen-bond donors (Lipinski definition) is 1. The normalized spacial score (nSPS) is 10.0. The molecule has 0 saturated heterocycles. The molecule has 0 fully saturated rings. The number of rotatable bonds is 11. The molecule has 0 aromatic carbocycles. The van der Waals surface area contributed by atoms with Crippen molar-refractivity contribution in [2.24, 2.45) is 0 Å². The molecule has 0 heterocycles. The van der Waals surface area contributed by atoms with Crippen LogP contribution in [0.25, 0.3) is 0 Å². The number of unbranched alkanes of at least 4 members (excludes halogenated alkanes) is 9. The van der Waals surface area contributed by atoms with Gasteiger partial charge in [-0.3, -0.25) is 4.79 Å². The van der Waals surface area contributed by atoms with Gasteiger partial charge >= 0.3 is 0 Å². The van der Waals surface area contributed by atoms with Crippen molar-refractivity contribution in [1.82, 2.24) is 0 Å². The second-order valence-corrected chi connectivity index (χ2v) is 3.72. The second-order valence-electron chi connectivity index (χ2n) is 3.72. The lowest BCUT2D eigenvalue weighted by Crippen LogP contribution is -1.82. The molecule has 81 valence electrons. The average molecular weight is 196 g/mol. The second kappa shape index (κ2) is 12.3. The van der Waals surface area contributed by atoms with Gasteiger partial charge in [0.1, 0.15) is 0 Å². The summed E-state index contributed by atoms with van der Waals surface area (Å²) < 4.78 is 0. The first-order valence-corrected chi connectivity index (χ1v) is 5.75. The molecule has 0 atom stereocenters. The van der Waals surface area contributed by atoms with E-state index in [0.717, 1.165) is 12.8 Å². The maximum atomic E-state index is 9.90. The molecule has 1 radical (unpaired) electrons. The molecule has 0 unspecified atom stereocenters. The van der Waals surface area contributed by atoms with Gasteiger partial charge < -0.3 is 5.41 Å². The molecule has 0 saturated carbocycles. The Morgan fingerprint density at radius 1 is 0.857 bits per heavy atom. The minimum Gasteiger partial charge on any atom is -0.313 e. The van der Waals surface area contributed by atoms with E-state index in [1.165, 1.54) is 51.2 Å². The van der Waals surface area contributed by atoms with Gasteiger partial charge in [0.05, 0.1) is 0 Å². The van der Waals surface area contributed by atoms with Gasteiger partial charge in [-0.25, -0.2) is 0 Å². The fourth-order valence-corrected chi connectivity index (χ4v) is 1.50. The summed E-state index contributed by atoms with van der Waals surface area (Å²) in [6.07, 6.45) is 14.7. The highest BCUT2D eigenvalue weighted by atomic mass is 16.1. The Hall–Kier alpha value is -0.660. The van der Waals surface area contributed by atoms with Crippen LogP contribution in [0.1, 0.15) is 64.2 Å². The average Bonchev–Trinajstić information content (AvgIpc) is 2.21. The van der Waals surface area contributed by atoms with Crippen molar-refractivity contribution in [3.05, 3.63) is 0 Å². The van der Waals surface area contributed by atoms with E-state index >= 15 is 0 Å². The summed E-state index contributed by atoms with van der Waals surface area (Å²) in [5, 5.41) is 6.86. The van der Waals surface area contributed by atoms with Crippen LogP contribution in [-0.4, -0.2) is 12.5 Å². The fourth-order valence-electron chi connectivity index (χ4n) is 1.50. The van der Waals surface area contributed by atoms with E-state index in [-0.39, 0.29) is 0 Å². The zero-order valence-corrected chi connectivity index (χ0v) is 9.06. The van der Waals surface area contributed by atoms with Crippen molar-refractivity contribution >= 4 is 12.5 Å². The van der Waals surface area contributed by atoms with Crippen LogP contribution in [0.3, 0.4) is 0 Å². The molecule has 0 aromatic heterocycles. The smallest absolute Gasteiger partial charge is 0.198 e. The van der Waals surface area contributed by atoms with E-state index in [9.17, 15) is 4.79 Å². The third-order valence-electron chi connectivity index (χ3n) is 2.38. The summed E-state index contributed by atoms with van der Waals surface area (Å²) in [4.78, 5) is 9.90. The Balaban J connectivity index is 2.84. The molecule has 2 heteroatoms. The van der Waals surface area contributed by atoms with Gasteiger partial charge in [0, 0.05) is 6.42 Å². The highest BCUT2D eigenvalue weighted by molar-refractivity contribution is 5.52. The monoisotopic (exact) mass is 196 g/mol. The van der Waals surface area contributed by atoms with Gasteiger partial charge in [-0.05, 0) is 25.5 Å². The summed E-state index contributed by atoms with van der Waals surface area (Å²) in [7, 11) is 0. The van der Waals surface area contributed by atoms with E-state index in [4.69, 9.17) is 5.41 Å². The van der Waals surface area contributed by atoms with Crippen LogP contribution in [0.2, 0.25) is 0 Å². The lowest BCUT2D eigenvalue weighted by molar-refractivity contribution is 0.539. The molecule has 0 spiro atoms. The molecular weight excluding hydrogens is 174 g/mol. The van der Waals surface area contributed by atoms with Gasteiger partial charge in [-0.15, -0.1) is 0 Å². The summed E-state index contributed by atoms with van der Waals surface area (Å²) >= 11 is 0. The van der Waals surface area contributed by atoms with E-state index in [1.807, 2.05) is 6.29 Å². The van der Waals surface area contributed by atoms with Crippen molar-refractivity contribution in [3.63, 3.8) is 0 Å². The predicted molar refractivity (Wildman–Crippen MR) is 60.6 cm³/mol. The Labute approximate surface area is 87.6 Å². The molecule has 0 bridgehead atoms. The third-order valence-corrected chi connectivity index (χ3v) is 2.38. The van der Waals surface area contributed by atoms with Crippen LogP contribution in [-0.2, 0) is 4.79 Å². The molecule has 0 aliphatic carbocycles. The molecule has 0 amide bonds. The van der Waals surface area contributed by atoms with Crippen LogP contribution < -0.4 is 0 Å². The third kappa shape index (κ3) is 11.3. The van der Waals surface area contributed by atoms with Gasteiger partial charge in [-0.2, -0.15) is 0 Å². The highest BCUT2D eigenvalue weighted by Crippen LogP contribution is 2.09. The maximum Gasteiger partial charge on any atom is 0.198 e. The molecule has 0 aliphatic heterocycles. The first-order chi connectivity index (χ1) is 6.91. The quantitative estimate of drug-likeness (QED) is 0.398. The lowest BCUT2D eigenvalue weighted by Gasteiger charge is -1.99. The van der Waals surface area contributed by atoms with Gasteiger partial charge in [0.15, 0.2) is 6.29 Å². The zero-order valence-electron chi connectivity index (χ0n) is 9.06. The lowest BCUT2D eigenvalue weighted by atomic mass is 10.1. The standard InChI is InChI=1S/C12H22NO/c13-11-9-7-5-3-1-2-4-6-8-10-12-14/h11,13H,1-10H2. The first-order valence-electron chi connectivity index (χ1n) is 5.75. The fraction of sp³-hybridized carbons (Fsp3) is 0.833. The van der Waals surface area contributed by atoms with E-state index < -0.39 is 0 Å². The number of nitrogens with one attached hydrogen (secondary N) is 1. The largest absolute Gasteiger partial charge is 0.313 e. The maximum absolute atomic E-state index is 9.90. The summed E-state index contributed by atoms with van der Waals surface area (Å²) in [6, 6.07) is 0. The minimum absolute atomic E-state index is 0.610. The van der Waals surface area contributed by atoms with E-state index in [1.54, 1.807) is 0 Å². The Morgan fingerprint density at radius 3 is 1.86 bits per heavy atom. The number of hydrogen-bond acceptors (Lipinski definition) is 2. The summed E-state index contributed by atoms with van der Waals surface area (Å²) in [6.45, 7) is 0. The topological polar surface area (TPSA) is 40.9 Å². The Kier molecular flexibility index (Phi) is 11.8. The first kappa shape index (κ1) is 13.3. The summed E-state index contributed by atoms with van der Waals surface area (Å²) in [5.74, 6) is 0. The Bertz CT molecular complexity index is 118. The van der Waals surface area contributed by atoms with Crippen molar-refractivity contribution in [3.8, 4) is 0 Å². The van der Waals surface area contributed by atoms with Gasteiger partial charge in [0.25, 0.3) is 0 Å². The predicted octanol–water partition coefficient (Wildman–Crippen LogP) is 3.65. The molecular formula is C12H22NO. The highest BCUT2D eigenvalue weighted by Gasteiger charge is 1.91. The van der Waals surface area contributed by atoms with Crippen LogP contribution in [0.4, 0.5) is 0 Å². The molecule has 14 heavy (non-hydrogen) atoms. The molecule has 0 aliphatic rings. The van der Waals surface area contributed by atoms with Crippen molar-refractivity contribution in [2.45, 2.75) is 64.2 Å². The summed E-state index contributed by atoms with van der Waals surface area (Å²) in [5.41, 5.74) is 0. The van der Waals surface area contributed by atoms with Crippen LogP contribution >= 0.6 is 0 Å². The van der Waals surface area contributed by atoms with E-state index in [2.05, 4.69) is 0 Å². The molecule has 1 N–H and O–H groups in total. The van der Waals surface area contributed by atoms with Crippen molar-refractivity contribution < 1.29 is 4.79 Å². The van der Waals surface area contributed by atoms with E-state index in [0.29, 0.717) is 6.42 Å². The molecule has 2 nitrogen and oxygen atoms in total. The van der Waals surface area contributed by atoms with Gasteiger partial charge in [-0.1, -0.05) is 38.5 Å².